The Morgan fingerprint density at radius 2 is 2.14 bits per heavy atom. The Kier molecular flexibility index (Phi) is 3.68. The maximum absolute atomic E-state index is 4.72. The Morgan fingerprint density at radius 1 is 1.23 bits per heavy atom. The Balaban J connectivity index is 1.54. The van der Waals surface area contributed by atoms with E-state index < -0.39 is 0 Å². The molecule has 0 unspecified atom stereocenters. The Bertz CT molecular complexity index is 867. The van der Waals surface area contributed by atoms with Crippen LogP contribution in [0.25, 0.3) is 10.2 Å². The molecule has 0 fully saturated rings. The van der Waals surface area contributed by atoms with Crippen LogP contribution in [-0.2, 0) is 12.8 Å². The van der Waals surface area contributed by atoms with Crippen molar-refractivity contribution in [2.75, 3.05) is 5.75 Å². The summed E-state index contributed by atoms with van der Waals surface area (Å²) in [5.41, 5.74) is 3.67. The van der Waals surface area contributed by atoms with Gasteiger partial charge in [-0.1, -0.05) is 36.9 Å². The van der Waals surface area contributed by atoms with Crippen LogP contribution in [-0.4, -0.2) is 21.4 Å². The molecule has 2 aromatic heterocycles. The second kappa shape index (κ2) is 5.82. The number of fused-ring (bicyclic) bond motifs is 2. The van der Waals surface area contributed by atoms with Gasteiger partial charge in [-0.15, -0.1) is 11.3 Å². The third-order valence-electron chi connectivity index (χ3n) is 3.73. The van der Waals surface area contributed by atoms with Crippen molar-refractivity contribution in [2.45, 2.75) is 24.8 Å². The molecule has 0 saturated carbocycles. The molecule has 5 heteroatoms. The summed E-state index contributed by atoms with van der Waals surface area (Å²) in [6.07, 6.45) is 3.68. The number of aliphatic imine (C=N–C) groups is 1. The molecule has 1 aliphatic rings. The van der Waals surface area contributed by atoms with Gasteiger partial charge in [0.1, 0.15) is 16.2 Å². The van der Waals surface area contributed by atoms with Gasteiger partial charge in [-0.05, 0) is 24.1 Å². The fourth-order valence-corrected chi connectivity index (χ4v) is 4.51. The van der Waals surface area contributed by atoms with E-state index in [1.165, 1.54) is 21.5 Å². The van der Waals surface area contributed by atoms with Gasteiger partial charge in [-0.2, -0.15) is 0 Å². The van der Waals surface area contributed by atoms with Gasteiger partial charge >= 0.3 is 0 Å². The van der Waals surface area contributed by atoms with Crippen molar-refractivity contribution < 1.29 is 0 Å². The van der Waals surface area contributed by atoms with E-state index in [0.29, 0.717) is 0 Å². The Morgan fingerprint density at radius 3 is 3.00 bits per heavy atom. The number of benzene rings is 1. The molecule has 0 spiro atoms. The summed E-state index contributed by atoms with van der Waals surface area (Å²) in [5.74, 6) is 0.887. The first-order valence-corrected chi connectivity index (χ1v) is 9.14. The van der Waals surface area contributed by atoms with Gasteiger partial charge < -0.3 is 0 Å². The fourth-order valence-electron chi connectivity index (χ4n) is 2.61. The number of aromatic nitrogens is 2. The maximum Gasteiger partial charge on any atom is 0.128 e. The number of rotatable bonds is 4. The van der Waals surface area contributed by atoms with Gasteiger partial charge in [0, 0.05) is 28.1 Å². The van der Waals surface area contributed by atoms with Crippen LogP contribution in [0.2, 0.25) is 0 Å². The minimum atomic E-state index is 0.887. The average Bonchev–Trinajstić information content (AvgIpc) is 3.15. The molecule has 0 bridgehead atoms. The molecule has 3 aromatic rings. The molecule has 0 atom stereocenters. The predicted molar refractivity (Wildman–Crippen MR) is 94.8 cm³/mol. The van der Waals surface area contributed by atoms with Crippen LogP contribution in [0.3, 0.4) is 0 Å². The summed E-state index contributed by atoms with van der Waals surface area (Å²) >= 11 is 3.53. The molecule has 0 N–H and O–H groups in total. The minimum absolute atomic E-state index is 0.887. The van der Waals surface area contributed by atoms with E-state index in [4.69, 9.17) is 4.99 Å². The first kappa shape index (κ1) is 13.9. The molecule has 0 aliphatic carbocycles. The summed E-state index contributed by atoms with van der Waals surface area (Å²) in [7, 11) is 0. The summed E-state index contributed by atoms with van der Waals surface area (Å²) in [5, 5.41) is 2.25. The molecular weight excluding hydrogens is 310 g/mol. The topological polar surface area (TPSA) is 38.1 Å². The molecule has 0 amide bonds. The highest BCUT2D eigenvalue weighted by atomic mass is 32.2. The second-order valence-corrected chi connectivity index (χ2v) is 7.32. The second-order valence-electron chi connectivity index (χ2n) is 5.24. The van der Waals surface area contributed by atoms with Crippen molar-refractivity contribution in [3.8, 4) is 0 Å². The molecule has 4 rings (SSSR count). The lowest BCUT2D eigenvalue weighted by molar-refractivity contribution is 1.11. The summed E-state index contributed by atoms with van der Waals surface area (Å²) in [6, 6.07) is 10.6. The third-order valence-corrected chi connectivity index (χ3v) is 6.00. The SMILES string of the molecule is CCc1cc2c(SCC3=Nc4ccccc4C3)ncnc2s1. The lowest BCUT2D eigenvalue weighted by atomic mass is 10.1. The van der Waals surface area contributed by atoms with E-state index in [0.717, 1.165) is 34.1 Å². The number of para-hydroxylation sites is 1. The van der Waals surface area contributed by atoms with Gasteiger partial charge in [-0.25, -0.2) is 9.97 Å². The average molecular weight is 325 g/mol. The molecule has 22 heavy (non-hydrogen) atoms. The highest BCUT2D eigenvalue weighted by molar-refractivity contribution is 8.00. The van der Waals surface area contributed by atoms with Crippen LogP contribution < -0.4 is 0 Å². The van der Waals surface area contributed by atoms with Crippen LogP contribution in [0, 0.1) is 0 Å². The molecular formula is C17H15N3S2. The van der Waals surface area contributed by atoms with Crippen LogP contribution in [0.5, 0.6) is 0 Å². The van der Waals surface area contributed by atoms with Crippen molar-refractivity contribution >= 4 is 44.7 Å². The fraction of sp³-hybridized carbons (Fsp3) is 0.235. The smallest absolute Gasteiger partial charge is 0.128 e. The highest BCUT2D eigenvalue weighted by Crippen LogP contribution is 2.33. The standard InChI is InChI=1S/C17H15N3S2/c1-2-13-8-14-16(18-10-19-17(14)22-13)21-9-12-7-11-5-3-4-6-15(11)20-12/h3-6,8,10H,2,7,9H2,1H3. The van der Waals surface area contributed by atoms with Crippen molar-refractivity contribution in [3.63, 3.8) is 0 Å². The molecule has 0 radical (unpaired) electrons. The van der Waals surface area contributed by atoms with Crippen LogP contribution >= 0.6 is 23.1 Å². The normalized spacial score (nSPS) is 13.4. The van der Waals surface area contributed by atoms with E-state index in [9.17, 15) is 0 Å². The summed E-state index contributed by atoms with van der Waals surface area (Å²) in [4.78, 5) is 16.0. The third kappa shape index (κ3) is 2.55. The lowest BCUT2D eigenvalue weighted by Gasteiger charge is -2.01. The summed E-state index contributed by atoms with van der Waals surface area (Å²) in [6.45, 7) is 2.18. The first-order valence-electron chi connectivity index (χ1n) is 7.34. The zero-order chi connectivity index (χ0) is 14.9. The van der Waals surface area contributed by atoms with Gasteiger partial charge in [0.15, 0.2) is 0 Å². The first-order chi connectivity index (χ1) is 10.8. The van der Waals surface area contributed by atoms with Crippen LogP contribution in [0.1, 0.15) is 17.4 Å². The van der Waals surface area contributed by atoms with E-state index >= 15 is 0 Å². The summed E-state index contributed by atoms with van der Waals surface area (Å²) < 4.78 is 0. The van der Waals surface area contributed by atoms with E-state index in [-0.39, 0.29) is 0 Å². The molecule has 3 heterocycles. The molecule has 3 nitrogen and oxygen atoms in total. The van der Waals surface area contributed by atoms with Gasteiger partial charge in [-0.3, -0.25) is 4.99 Å². The lowest BCUT2D eigenvalue weighted by Crippen LogP contribution is -2.01. The Hall–Kier alpha value is -1.72. The van der Waals surface area contributed by atoms with Crippen molar-refractivity contribution in [1.82, 2.24) is 9.97 Å². The van der Waals surface area contributed by atoms with Gasteiger partial charge in [0.2, 0.25) is 0 Å². The van der Waals surface area contributed by atoms with E-state index in [2.05, 4.69) is 41.2 Å². The zero-order valence-electron chi connectivity index (χ0n) is 12.2. The number of thioether (sulfide) groups is 1. The minimum Gasteiger partial charge on any atom is -0.256 e. The highest BCUT2D eigenvalue weighted by Gasteiger charge is 2.15. The number of hydrogen-bond donors (Lipinski definition) is 0. The monoisotopic (exact) mass is 325 g/mol. The number of aryl methyl sites for hydroxylation is 1. The van der Waals surface area contributed by atoms with Crippen molar-refractivity contribution in [2.24, 2.45) is 4.99 Å². The van der Waals surface area contributed by atoms with E-state index in [1.54, 1.807) is 29.4 Å². The van der Waals surface area contributed by atoms with Gasteiger partial charge in [0.25, 0.3) is 0 Å². The maximum atomic E-state index is 4.72. The largest absolute Gasteiger partial charge is 0.256 e. The molecule has 1 aromatic carbocycles. The Labute approximate surface area is 137 Å². The molecule has 110 valence electrons. The number of nitrogens with zero attached hydrogens (tertiary/aromatic N) is 3. The molecule has 1 aliphatic heterocycles. The van der Waals surface area contributed by atoms with Gasteiger partial charge in [0.05, 0.1) is 5.69 Å². The molecule has 0 saturated heterocycles. The number of hydrogen-bond acceptors (Lipinski definition) is 5. The van der Waals surface area contributed by atoms with Crippen molar-refractivity contribution in [3.05, 3.63) is 47.1 Å². The zero-order valence-corrected chi connectivity index (χ0v) is 13.9. The van der Waals surface area contributed by atoms with Crippen molar-refractivity contribution in [1.29, 1.82) is 0 Å². The predicted octanol–water partition coefficient (Wildman–Crippen LogP) is 4.67. The van der Waals surface area contributed by atoms with E-state index in [1.807, 2.05) is 6.07 Å². The van der Waals surface area contributed by atoms with Crippen LogP contribution in [0.15, 0.2) is 46.7 Å². The van der Waals surface area contributed by atoms with Crippen LogP contribution in [0.4, 0.5) is 5.69 Å². The number of thiophene rings is 1. The quantitative estimate of drug-likeness (QED) is 0.516.